The summed E-state index contributed by atoms with van der Waals surface area (Å²) in [5.74, 6) is 0. The monoisotopic (exact) mass is 266 g/mol. The van der Waals surface area contributed by atoms with Crippen molar-refractivity contribution in [1.29, 1.82) is 0 Å². The van der Waals surface area contributed by atoms with Crippen molar-refractivity contribution >= 4 is 11.3 Å². The fourth-order valence-electron chi connectivity index (χ4n) is 1.79. The van der Waals surface area contributed by atoms with Gasteiger partial charge in [-0.2, -0.15) is 11.3 Å². The Morgan fingerprint density at radius 3 is 1.78 bits per heavy atom. The number of allylic oxidation sites excluding steroid dienone is 1. The van der Waals surface area contributed by atoms with Gasteiger partial charge >= 0.3 is 0 Å². The molecular formula is C17H30S. The Morgan fingerprint density at radius 2 is 1.39 bits per heavy atom. The lowest BCUT2D eigenvalue weighted by Crippen LogP contribution is -1.81. The smallest absolute Gasteiger partial charge is 0.00934 e. The zero-order chi connectivity index (χ0) is 13.5. The van der Waals surface area contributed by atoms with Crippen LogP contribution in [-0.2, 0) is 0 Å². The molecule has 0 aliphatic carbocycles. The minimum absolute atomic E-state index is 1.23. The first kappa shape index (κ1) is 17.4. The van der Waals surface area contributed by atoms with Gasteiger partial charge in [-0.05, 0) is 30.5 Å². The first-order chi connectivity index (χ1) is 8.77. The standard InChI is InChI=1S/C13H26.C4H4S/c1-4-5-6-7-8-9-10-11-12-13(2)3;1-2-4-5-3-1/h2,4-12H2,1,3H3;1-4H. The normalized spacial score (nSPS) is 9.67. The Balaban J connectivity index is 0.000000473. The van der Waals surface area contributed by atoms with Crippen LogP contribution in [0.1, 0.15) is 71.6 Å². The van der Waals surface area contributed by atoms with E-state index in [1.165, 1.54) is 63.4 Å². The number of hydrogen-bond acceptors (Lipinski definition) is 1. The van der Waals surface area contributed by atoms with Crippen molar-refractivity contribution < 1.29 is 0 Å². The minimum atomic E-state index is 1.23. The highest BCUT2D eigenvalue weighted by Gasteiger charge is 1.91. The second kappa shape index (κ2) is 14.5. The zero-order valence-electron chi connectivity index (χ0n) is 12.3. The summed E-state index contributed by atoms with van der Waals surface area (Å²) in [5.41, 5.74) is 1.34. The second-order valence-corrected chi connectivity index (χ2v) is 5.79. The lowest BCUT2D eigenvalue weighted by Gasteiger charge is -2.01. The van der Waals surface area contributed by atoms with E-state index >= 15 is 0 Å². The van der Waals surface area contributed by atoms with Crippen LogP contribution in [0.3, 0.4) is 0 Å². The molecule has 0 unspecified atom stereocenters. The molecule has 0 spiro atoms. The van der Waals surface area contributed by atoms with Gasteiger partial charge in [-0.25, -0.2) is 0 Å². The van der Waals surface area contributed by atoms with Gasteiger partial charge in [-0.15, -0.1) is 6.58 Å². The largest absolute Gasteiger partial charge is 0.152 e. The summed E-state index contributed by atoms with van der Waals surface area (Å²) in [6.07, 6.45) is 12.5. The van der Waals surface area contributed by atoms with Crippen molar-refractivity contribution in [2.75, 3.05) is 0 Å². The molecule has 0 atom stereocenters. The van der Waals surface area contributed by atoms with E-state index in [4.69, 9.17) is 0 Å². The molecule has 0 saturated carbocycles. The van der Waals surface area contributed by atoms with E-state index in [-0.39, 0.29) is 0 Å². The number of unbranched alkanes of at least 4 members (excludes halogenated alkanes) is 7. The molecular weight excluding hydrogens is 236 g/mol. The fraction of sp³-hybridized carbons (Fsp3) is 0.647. The van der Waals surface area contributed by atoms with E-state index in [0.717, 1.165) is 0 Å². The molecule has 1 aromatic rings. The molecule has 1 rings (SSSR count). The third kappa shape index (κ3) is 15.4. The second-order valence-electron chi connectivity index (χ2n) is 4.98. The molecule has 0 aliphatic rings. The molecule has 0 fully saturated rings. The lowest BCUT2D eigenvalue weighted by molar-refractivity contribution is 0.575. The van der Waals surface area contributed by atoms with E-state index in [1.54, 1.807) is 11.3 Å². The van der Waals surface area contributed by atoms with E-state index in [2.05, 4.69) is 20.4 Å². The third-order valence-corrected chi connectivity index (χ3v) is 3.51. The molecule has 0 saturated heterocycles. The zero-order valence-corrected chi connectivity index (χ0v) is 13.1. The summed E-state index contributed by atoms with van der Waals surface area (Å²) in [6.45, 7) is 8.31. The molecule has 0 N–H and O–H groups in total. The molecule has 18 heavy (non-hydrogen) atoms. The van der Waals surface area contributed by atoms with Gasteiger partial charge in [0.25, 0.3) is 0 Å². The van der Waals surface area contributed by atoms with E-state index in [0.29, 0.717) is 0 Å². The molecule has 1 aromatic heterocycles. The first-order valence-electron chi connectivity index (χ1n) is 7.39. The van der Waals surface area contributed by atoms with Crippen LogP contribution in [0.4, 0.5) is 0 Å². The highest BCUT2D eigenvalue weighted by Crippen LogP contribution is 2.11. The molecule has 0 radical (unpaired) electrons. The lowest BCUT2D eigenvalue weighted by atomic mass is 10.1. The van der Waals surface area contributed by atoms with Crippen molar-refractivity contribution in [3.8, 4) is 0 Å². The summed E-state index contributed by atoms with van der Waals surface area (Å²) in [4.78, 5) is 0. The maximum absolute atomic E-state index is 3.91. The predicted octanol–water partition coefficient (Wildman–Crippen LogP) is 6.84. The van der Waals surface area contributed by atoms with Crippen LogP contribution in [0.5, 0.6) is 0 Å². The Bertz CT molecular complexity index is 231. The summed E-state index contributed by atoms with van der Waals surface area (Å²) in [6, 6.07) is 4.04. The highest BCUT2D eigenvalue weighted by atomic mass is 32.1. The van der Waals surface area contributed by atoms with Crippen molar-refractivity contribution in [1.82, 2.24) is 0 Å². The number of hydrogen-bond donors (Lipinski definition) is 0. The van der Waals surface area contributed by atoms with Crippen LogP contribution in [0.2, 0.25) is 0 Å². The van der Waals surface area contributed by atoms with Crippen LogP contribution >= 0.6 is 11.3 Å². The van der Waals surface area contributed by atoms with Gasteiger partial charge in [0.05, 0.1) is 0 Å². The number of thiophene rings is 1. The topological polar surface area (TPSA) is 0 Å². The molecule has 0 amide bonds. The van der Waals surface area contributed by atoms with Gasteiger partial charge in [-0.3, -0.25) is 0 Å². The molecule has 0 aliphatic heterocycles. The van der Waals surface area contributed by atoms with Crippen LogP contribution < -0.4 is 0 Å². The quantitative estimate of drug-likeness (QED) is 0.339. The average Bonchev–Trinajstić information content (AvgIpc) is 2.91. The molecule has 1 heteroatoms. The van der Waals surface area contributed by atoms with Crippen LogP contribution in [0, 0.1) is 0 Å². The molecule has 1 heterocycles. The van der Waals surface area contributed by atoms with E-state index in [9.17, 15) is 0 Å². The van der Waals surface area contributed by atoms with Gasteiger partial charge < -0.3 is 0 Å². The first-order valence-corrected chi connectivity index (χ1v) is 8.33. The Hall–Kier alpha value is -0.560. The van der Waals surface area contributed by atoms with Crippen molar-refractivity contribution in [3.05, 3.63) is 35.0 Å². The average molecular weight is 266 g/mol. The van der Waals surface area contributed by atoms with Crippen LogP contribution in [0.25, 0.3) is 0 Å². The molecule has 0 aromatic carbocycles. The van der Waals surface area contributed by atoms with E-state index < -0.39 is 0 Å². The summed E-state index contributed by atoms with van der Waals surface area (Å²) in [5, 5.41) is 4.08. The van der Waals surface area contributed by atoms with Crippen molar-refractivity contribution in [2.24, 2.45) is 0 Å². The maximum Gasteiger partial charge on any atom is -0.00934 e. The SMILES string of the molecule is C=C(C)CCCCCCCCCC.c1ccsc1. The molecule has 0 nitrogen and oxygen atoms in total. The van der Waals surface area contributed by atoms with E-state index in [1.807, 2.05) is 22.9 Å². The molecule has 104 valence electrons. The fourth-order valence-corrected chi connectivity index (χ4v) is 2.24. The number of rotatable bonds is 9. The van der Waals surface area contributed by atoms with Crippen LogP contribution in [-0.4, -0.2) is 0 Å². The minimum Gasteiger partial charge on any atom is -0.152 e. The summed E-state index contributed by atoms with van der Waals surface area (Å²) >= 11 is 1.71. The van der Waals surface area contributed by atoms with Gasteiger partial charge in [0.15, 0.2) is 0 Å². The molecule has 0 bridgehead atoms. The third-order valence-electron chi connectivity index (χ3n) is 2.88. The predicted molar refractivity (Wildman–Crippen MR) is 86.4 cm³/mol. The Morgan fingerprint density at radius 1 is 0.889 bits per heavy atom. The van der Waals surface area contributed by atoms with Gasteiger partial charge in [0.2, 0.25) is 0 Å². The summed E-state index contributed by atoms with van der Waals surface area (Å²) in [7, 11) is 0. The van der Waals surface area contributed by atoms with Crippen LogP contribution in [0.15, 0.2) is 35.0 Å². The van der Waals surface area contributed by atoms with Gasteiger partial charge in [-0.1, -0.05) is 69.6 Å². The van der Waals surface area contributed by atoms with Crippen molar-refractivity contribution in [3.63, 3.8) is 0 Å². The Kier molecular flexibility index (Phi) is 14.0. The maximum atomic E-state index is 3.91. The Labute approximate surface area is 118 Å². The summed E-state index contributed by atoms with van der Waals surface area (Å²) < 4.78 is 0. The van der Waals surface area contributed by atoms with Crippen molar-refractivity contribution in [2.45, 2.75) is 71.6 Å². The van der Waals surface area contributed by atoms with Gasteiger partial charge in [0.1, 0.15) is 0 Å². The highest BCUT2D eigenvalue weighted by molar-refractivity contribution is 7.07. The van der Waals surface area contributed by atoms with Gasteiger partial charge in [0, 0.05) is 0 Å².